The summed E-state index contributed by atoms with van der Waals surface area (Å²) in [5, 5.41) is 62.9. The second kappa shape index (κ2) is 27.4. The second-order valence-corrected chi connectivity index (χ2v) is 15.8. The van der Waals surface area contributed by atoms with Crippen LogP contribution in [0.1, 0.15) is 172 Å². The van der Waals surface area contributed by atoms with Crippen molar-refractivity contribution in [2.45, 2.75) is 210 Å². The number of hydrogen-bond donors (Lipinski definition) is 7. The van der Waals surface area contributed by atoms with Gasteiger partial charge in [-0.1, -0.05) is 122 Å². The summed E-state index contributed by atoms with van der Waals surface area (Å²) in [4.78, 5) is 10.5. The molecule has 1 aromatic rings. The molecule has 0 saturated carbocycles. The van der Waals surface area contributed by atoms with Gasteiger partial charge >= 0.3 is 0 Å². The van der Waals surface area contributed by atoms with Crippen molar-refractivity contribution < 1.29 is 40.1 Å². The van der Waals surface area contributed by atoms with Crippen molar-refractivity contribution in [1.29, 1.82) is 0 Å². The first-order valence-electron chi connectivity index (χ1n) is 21.4. The van der Waals surface area contributed by atoms with Gasteiger partial charge in [0.25, 0.3) is 0 Å². The lowest BCUT2D eigenvalue weighted by Gasteiger charge is -2.40. The number of likely N-dealkylation sites (tertiary alicyclic amines) is 1. The van der Waals surface area contributed by atoms with Crippen molar-refractivity contribution in [3.8, 4) is 0 Å². The summed E-state index contributed by atoms with van der Waals surface area (Å²) in [6.07, 6.45) is 21.1. The van der Waals surface area contributed by atoms with E-state index in [0.29, 0.717) is 12.2 Å². The molecular formula is C41H77N3O8. The van der Waals surface area contributed by atoms with E-state index in [2.05, 4.69) is 21.8 Å². The van der Waals surface area contributed by atoms with Crippen LogP contribution in [0.4, 0.5) is 0 Å². The van der Waals surface area contributed by atoms with Crippen LogP contribution in [0.2, 0.25) is 0 Å². The van der Waals surface area contributed by atoms with Crippen LogP contribution in [0.15, 0.2) is 6.20 Å². The quantitative estimate of drug-likeness (QED) is 0.0456. The van der Waals surface area contributed by atoms with E-state index in [9.17, 15) is 30.6 Å². The van der Waals surface area contributed by atoms with Gasteiger partial charge in [-0.2, -0.15) is 0 Å². The summed E-state index contributed by atoms with van der Waals surface area (Å²) in [6, 6.07) is 0. The number of hydrogen-bond acceptors (Lipinski definition) is 10. The molecule has 0 bridgehead atoms. The highest BCUT2D eigenvalue weighted by molar-refractivity contribution is 5.09. The molecule has 1 aromatic heterocycles. The average Bonchev–Trinajstić information content (AvgIpc) is 3.85. The molecule has 7 N–H and O–H groups in total. The van der Waals surface area contributed by atoms with Gasteiger partial charge < -0.3 is 50.0 Å². The maximum atomic E-state index is 11.4. The zero-order valence-electron chi connectivity index (χ0n) is 32.6. The second-order valence-electron chi connectivity index (χ2n) is 15.8. The molecule has 0 aliphatic carbocycles. The smallest absolute Gasteiger partial charge is 0.186 e. The maximum Gasteiger partial charge on any atom is 0.186 e. The number of aliphatic hydroxyl groups is 6. The Morgan fingerprint density at radius 1 is 0.769 bits per heavy atom. The Morgan fingerprint density at radius 2 is 1.33 bits per heavy atom. The molecule has 2 saturated heterocycles. The molecule has 5 unspecified atom stereocenters. The maximum absolute atomic E-state index is 11.4. The number of H-pyrrole nitrogens is 1. The molecule has 11 nitrogen and oxygen atoms in total. The van der Waals surface area contributed by atoms with Crippen molar-refractivity contribution in [2.75, 3.05) is 32.8 Å². The molecule has 0 spiro atoms. The van der Waals surface area contributed by atoms with E-state index in [1.54, 1.807) is 6.20 Å². The minimum atomic E-state index is -1.56. The summed E-state index contributed by atoms with van der Waals surface area (Å²) in [5.41, 5.74) is 0.956. The number of aryl methyl sites for hydroxylation is 1. The van der Waals surface area contributed by atoms with Gasteiger partial charge in [0.2, 0.25) is 0 Å². The third-order valence-corrected chi connectivity index (χ3v) is 11.3. The van der Waals surface area contributed by atoms with Crippen molar-refractivity contribution in [2.24, 2.45) is 0 Å². The Morgan fingerprint density at radius 3 is 1.92 bits per heavy atom. The lowest BCUT2D eigenvalue weighted by Crippen LogP contribution is -2.59. The molecule has 2 aliphatic heterocycles. The monoisotopic (exact) mass is 740 g/mol. The predicted octanol–water partition coefficient (Wildman–Crippen LogP) is 5.88. The Balaban J connectivity index is 1.41. The van der Waals surface area contributed by atoms with Crippen molar-refractivity contribution >= 4 is 0 Å². The van der Waals surface area contributed by atoms with E-state index in [-0.39, 0.29) is 6.61 Å². The molecule has 3 rings (SSSR count). The van der Waals surface area contributed by atoms with Crippen molar-refractivity contribution in [3.63, 3.8) is 0 Å². The lowest BCUT2D eigenvalue weighted by atomic mass is 9.94. The molecule has 52 heavy (non-hydrogen) atoms. The van der Waals surface area contributed by atoms with Crippen LogP contribution >= 0.6 is 0 Å². The van der Waals surface area contributed by atoms with Gasteiger partial charge in [-0.3, -0.25) is 0 Å². The molecule has 0 amide bonds. The SMILES string of the molecule is CCCCCCCCCCCCCC[C@@H](O)[C@@H](O)[C@H](COC1OC(CO)C(O)C(O)C1O)c1ncc(CCCCCCCCCCN2CCCC2)[nH]1. The zero-order chi connectivity index (χ0) is 37.4. The number of rotatable bonds is 31. The molecule has 11 heteroatoms. The highest BCUT2D eigenvalue weighted by Crippen LogP contribution is 2.27. The average molecular weight is 740 g/mol. The van der Waals surface area contributed by atoms with Crippen LogP contribution in [0, 0.1) is 0 Å². The van der Waals surface area contributed by atoms with Gasteiger partial charge in [0.1, 0.15) is 30.2 Å². The minimum absolute atomic E-state index is 0.162. The normalized spacial score (nSPS) is 24.4. The highest BCUT2D eigenvalue weighted by atomic mass is 16.7. The molecule has 2 aliphatic rings. The zero-order valence-corrected chi connectivity index (χ0v) is 32.6. The molecule has 0 aromatic carbocycles. The number of aromatic amines is 1. The summed E-state index contributed by atoms with van der Waals surface area (Å²) in [5.74, 6) is -0.270. The summed E-state index contributed by atoms with van der Waals surface area (Å²) < 4.78 is 11.4. The van der Waals surface area contributed by atoms with Crippen LogP contribution in [0.5, 0.6) is 0 Å². The van der Waals surface area contributed by atoms with Crippen LogP contribution in [0.25, 0.3) is 0 Å². The summed E-state index contributed by atoms with van der Waals surface area (Å²) >= 11 is 0. The third-order valence-electron chi connectivity index (χ3n) is 11.3. The van der Waals surface area contributed by atoms with Crippen LogP contribution in [-0.2, 0) is 15.9 Å². The Bertz CT molecular complexity index is 993. The highest BCUT2D eigenvalue weighted by Gasteiger charge is 2.44. The molecule has 0 radical (unpaired) electrons. The minimum Gasteiger partial charge on any atom is -0.394 e. The van der Waals surface area contributed by atoms with Crippen LogP contribution in [-0.4, -0.2) is 121 Å². The van der Waals surface area contributed by atoms with Crippen LogP contribution in [0.3, 0.4) is 0 Å². The number of imidazole rings is 1. The van der Waals surface area contributed by atoms with E-state index in [0.717, 1.165) is 44.2 Å². The molecular weight excluding hydrogens is 662 g/mol. The van der Waals surface area contributed by atoms with E-state index in [1.807, 2.05) is 0 Å². The van der Waals surface area contributed by atoms with E-state index < -0.39 is 55.4 Å². The Hall–Kier alpha value is -1.15. The number of nitrogens with one attached hydrogen (secondary N) is 1. The number of aromatic nitrogens is 2. The molecule has 304 valence electrons. The van der Waals surface area contributed by atoms with E-state index >= 15 is 0 Å². The summed E-state index contributed by atoms with van der Waals surface area (Å²) in [6.45, 7) is 5.37. The van der Waals surface area contributed by atoms with Crippen molar-refractivity contribution in [3.05, 3.63) is 17.7 Å². The van der Waals surface area contributed by atoms with Gasteiger partial charge in [-0.25, -0.2) is 4.98 Å². The number of aliphatic hydroxyl groups excluding tert-OH is 6. The topological polar surface area (TPSA) is 172 Å². The van der Waals surface area contributed by atoms with E-state index in [1.165, 1.54) is 129 Å². The Labute approximate surface area is 314 Å². The van der Waals surface area contributed by atoms with Gasteiger partial charge in [0.05, 0.1) is 31.3 Å². The number of nitrogens with zero attached hydrogens (tertiary/aromatic N) is 2. The molecule has 8 atom stereocenters. The third kappa shape index (κ3) is 17.1. The molecule has 3 heterocycles. The fourth-order valence-corrected chi connectivity index (χ4v) is 7.79. The standard InChI is InChI=1S/C41H77N3O8/c1-2-3-4-5-6-7-8-9-10-14-17-20-25-34(46)36(47)33(31-51-41-39(50)38(49)37(48)35(30-45)52-41)40-42-29-32(43-40)24-19-16-13-11-12-15-18-21-26-44-27-22-23-28-44/h29,33-39,41,45-50H,2-28,30-31H2,1H3,(H,42,43)/t33-,34+,35?,36-,37?,38?,39?,41?/m0/s1. The first-order valence-corrected chi connectivity index (χ1v) is 21.4. The first kappa shape index (κ1) is 45.2. The fraction of sp³-hybridized carbons (Fsp3) is 0.927. The van der Waals surface area contributed by atoms with Crippen LogP contribution < -0.4 is 0 Å². The van der Waals surface area contributed by atoms with E-state index in [4.69, 9.17) is 9.47 Å². The van der Waals surface area contributed by atoms with Gasteiger partial charge in [-0.05, 0) is 58.2 Å². The lowest BCUT2D eigenvalue weighted by molar-refractivity contribution is -0.303. The van der Waals surface area contributed by atoms with Crippen molar-refractivity contribution in [1.82, 2.24) is 14.9 Å². The largest absolute Gasteiger partial charge is 0.394 e. The number of unbranched alkanes of at least 4 members (excludes halogenated alkanes) is 18. The first-order chi connectivity index (χ1) is 25.3. The fourth-order valence-electron chi connectivity index (χ4n) is 7.79. The summed E-state index contributed by atoms with van der Waals surface area (Å²) in [7, 11) is 0. The van der Waals surface area contributed by atoms with Gasteiger partial charge in [0.15, 0.2) is 6.29 Å². The van der Waals surface area contributed by atoms with Gasteiger partial charge in [-0.15, -0.1) is 0 Å². The Kier molecular flexibility index (Phi) is 23.9. The predicted molar refractivity (Wildman–Crippen MR) is 205 cm³/mol. The van der Waals surface area contributed by atoms with Gasteiger partial charge in [0, 0.05) is 11.9 Å². The molecule has 2 fully saturated rings. The number of ether oxygens (including phenoxy) is 2.